The molecule has 1 heterocycles. The minimum Gasteiger partial charge on any atom is -0.394 e. The maximum absolute atomic E-state index is 11.6. The van der Waals surface area contributed by atoms with E-state index in [2.05, 4.69) is 4.52 Å². The number of phosphoric acid groups is 1. The first-order chi connectivity index (χ1) is 8.98. The molecule has 0 radical (unpaired) electrons. The zero-order valence-corrected chi connectivity index (χ0v) is 12.4. The molecule has 0 aliphatic carbocycles. The molecule has 3 atom stereocenters. The number of aliphatic hydroxyl groups is 2. The summed E-state index contributed by atoms with van der Waals surface area (Å²) in [7, 11) is -1.52. The van der Waals surface area contributed by atoms with Crippen molar-refractivity contribution >= 4 is 29.4 Å². The topological polar surface area (TPSA) is 122 Å². The third kappa shape index (κ3) is 6.44. The van der Waals surface area contributed by atoms with Crippen LogP contribution in [0.15, 0.2) is 22.5 Å². The van der Waals surface area contributed by atoms with Crippen LogP contribution in [0.4, 0.5) is 0 Å². The average molecular weight is 329 g/mol. The van der Waals surface area contributed by atoms with Crippen LogP contribution in [0.25, 0.3) is 0 Å². The van der Waals surface area contributed by atoms with Gasteiger partial charge in [-0.05, 0) is 11.5 Å². The van der Waals surface area contributed by atoms with Gasteiger partial charge in [-0.3, -0.25) is 9.05 Å². The molecular formula is C9H16NO6PS2. The number of allylic oxidation sites excluding steroid dienone is 2. The molecule has 1 aliphatic rings. The van der Waals surface area contributed by atoms with Crippen LogP contribution >= 0.6 is 29.4 Å². The second-order valence-corrected chi connectivity index (χ2v) is 7.09. The first kappa shape index (κ1) is 17.2. The van der Waals surface area contributed by atoms with E-state index in [0.717, 1.165) is 0 Å². The summed E-state index contributed by atoms with van der Waals surface area (Å²) in [5.41, 5.74) is 5.50. The van der Waals surface area contributed by atoms with Crippen molar-refractivity contribution in [1.29, 1.82) is 0 Å². The Labute approximate surface area is 118 Å². The Morgan fingerprint density at radius 1 is 1.53 bits per heavy atom. The summed E-state index contributed by atoms with van der Waals surface area (Å²) in [6.45, 7) is -1.05. The van der Waals surface area contributed by atoms with Crippen molar-refractivity contribution in [1.82, 2.24) is 0 Å². The molecule has 0 aromatic carbocycles. The van der Waals surface area contributed by atoms with E-state index < -0.39 is 33.2 Å². The summed E-state index contributed by atoms with van der Waals surface area (Å²) < 4.78 is 21.2. The molecule has 0 aromatic heterocycles. The molecule has 110 valence electrons. The van der Waals surface area contributed by atoms with Crippen molar-refractivity contribution in [3.8, 4) is 0 Å². The fourth-order valence-corrected chi connectivity index (χ4v) is 3.96. The van der Waals surface area contributed by atoms with Crippen molar-refractivity contribution in [3.63, 3.8) is 0 Å². The van der Waals surface area contributed by atoms with Crippen molar-refractivity contribution in [2.24, 2.45) is 5.73 Å². The number of hydrogen-bond donors (Lipinski definition) is 4. The fraction of sp³-hybridized carbons (Fsp3) is 0.556. The molecule has 0 aromatic rings. The smallest absolute Gasteiger partial charge is 0.394 e. The van der Waals surface area contributed by atoms with E-state index in [-0.39, 0.29) is 6.54 Å². The summed E-state index contributed by atoms with van der Waals surface area (Å²) in [5, 5.41) is 19.5. The molecule has 19 heavy (non-hydrogen) atoms. The summed E-state index contributed by atoms with van der Waals surface area (Å²) in [5.74, 6) is 0. The molecule has 0 saturated carbocycles. The molecule has 3 unspecified atom stereocenters. The van der Waals surface area contributed by atoms with Gasteiger partial charge >= 0.3 is 7.82 Å². The van der Waals surface area contributed by atoms with Gasteiger partial charge in [0.25, 0.3) is 0 Å². The highest BCUT2D eigenvalue weighted by Crippen LogP contribution is 2.48. The minimum absolute atomic E-state index is 0.0176. The van der Waals surface area contributed by atoms with E-state index in [9.17, 15) is 9.46 Å². The van der Waals surface area contributed by atoms with E-state index in [0.29, 0.717) is 4.91 Å². The molecule has 7 nitrogen and oxygen atoms in total. The molecular weight excluding hydrogens is 313 g/mol. The van der Waals surface area contributed by atoms with Crippen LogP contribution in [-0.2, 0) is 13.6 Å². The highest BCUT2D eigenvalue weighted by atomic mass is 33.1. The van der Waals surface area contributed by atoms with Crippen LogP contribution in [-0.4, -0.2) is 47.1 Å². The molecule has 0 spiro atoms. The zero-order valence-electron chi connectivity index (χ0n) is 9.92. The Kier molecular flexibility index (Phi) is 7.66. The average Bonchev–Trinajstić information content (AvgIpc) is 2.43. The standard InChI is InChI=1S/C9H16NO6PS2/c10-4-8(9-2-1-3-18-19-9)16-17(13,14)15-6-7(12)5-11/h1-3,7-8,11-12H,4-6,10H2,(H,13,14). The van der Waals surface area contributed by atoms with E-state index in [4.69, 9.17) is 20.5 Å². The second kappa shape index (κ2) is 8.46. The number of hydrogen-bond acceptors (Lipinski definition) is 8. The minimum atomic E-state index is -4.34. The molecule has 5 N–H and O–H groups in total. The Balaban J connectivity index is 2.56. The summed E-state index contributed by atoms with van der Waals surface area (Å²) in [6, 6.07) is 0. The normalized spacial score (nSPS) is 21.6. The maximum atomic E-state index is 11.6. The van der Waals surface area contributed by atoms with Crippen LogP contribution < -0.4 is 5.73 Å². The second-order valence-electron chi connectivity index (χ2n) is 3.51. The van der Waals surface area contributed by atoms with Gasteiger partial charge in [0.05, 0.1) is 13.2 Å². The Hall–Kier alpha value is 0.170. The van der Waals surface area contributed by atoms with E-state index in [1.807, 2.05) is 5.41 Å². The molecule has 0 amide bonds. The lowest BCUT2D eigenvalue weighted by atomic mass is 10.3. The molecule has 1 aliphatic heterocycles. The van der Waals surface area contributed by atoms with Gasteiger partial charge < -0.3 is 20.8 Å². The predicted octanol–water partition coefficient (Wildman–Crippen LogP) is 0.593. The van der Waals surface area contributed by atoms with Crippen molar-refractivity contribution in [2.75, 3.05) is 19.8 Å². The Bertz CT molecular complexity index is 391. The quantitative estimate of drug-likeness (QED) is 0.374. The number of aliphatic hydroxyl groups excluding tert-OH is 2. The lowest BCUT2D eigenvalue weighted by molar-refractivity contribution is 0.0328. The van der Waals surface area contributed by atoms with Gasteiger partial charge in [-0.2, -0.15) is 0 Å². The maximum Gasteiger partial charge on any atom is 0.472 e. The highest BCUT2D eigenvalue weighted by molar-refractivity contribution is 8.79. The van der Waals surface area contributed by atoms with Crippen LogP contribution in [0.2, 0.25) is 0 Å². The molecule has 0 fully saturated rings. The fourth-order valence-electron chi connectivity index (χ4n) is 1.07. The van der Waals surface area contributed by atoms with E-state index >= 15 is 0 Å². The molecule has 0 bridgehead atoms. The lowest BCUT2D eigenvalue weighted by Crippen LogP contribution is -2.25. The molecule has 0 saturated heterocycles. The SMILES string of the molecule is NCC(OP(=O)(O)OCC(O)CO)C1=CC=CSS1. The van der Waals surface area contributed by atoms with Gasteiger partial charge in [0.2, 0.25) is 0 Å². The summed E-state index contributed by atoms with van der Waals surface area (Å²) in [4.78, 5) is 10.2. The first-order valence-corrected chi connectivity index (χ1v) is 9.04. The van der Waals surface area contributed by atoms with Crippen molar-refractivity contribution < 1.29 is 28.7 Å². The van der Waals surface area contributed by atoms with Crippen LogP contribution in [0, 0.1) is 0 Å². The Morgan fingerprint density at radius 2 is 2.26 bits per heavy atom. The Morgan fingerprint density at radius 3 is 2.79 bits per heavy atom. The predicted molar refractivity (Wildman–Crippen MR) is 75.2 cm³/mol. The summed E-state index contributed by atoms with van der Waals surface area (Å²) >= 11 is 0. The highest BCUT2D eigenvalue weighted by Gasteiger charge is 2.29. The first-order valence-electron chi connectivity index (χ1n) is 5.33. The lowest BCUT2D eigenvalue weighted by Gasteiger charge is -2.22. The number of phosphoric ester groups is 1. The van der Waals surface area contributed by atoms with E-state index in [1.165, 1.54) is 21.6 Å². The van der Waals surface area contributed by atoms with Gasteiger partial charge in [0, 0.05) is 11.4 Å². The van der Waals surface area contributed by atoms with Gasteiger partial charge in [0.15, 0.2) is 0 Å². The zero-order chi connectivity index (χ0) is 14.3. The monoisotopic (exact) mass is 329 g/mol. The number of rotatable bonds is 8. The van der Waals surface area contributed by atoms with Gasteiger partial charge in [-0.25, -0.2) is 4.57 Å². The van der Waals surface area contributed by atoms with Crippen molar-refractivity contribution in [3.05, 3.63) is 22.5 Å². The van der Waals surface area contributed by atoms with Crippen LogP contribution in [0.1, 0.15) is 0 Å². The van der Waals surface area contributed by atoms with Gasteiger partial charge in [0.1, 0.15) is 12.2 Å². The third-order valence-corrected chi connectivity index (χ3v) is 5.12. The molecule has 1 rings (SSSR count). The van der Waals surface area contributed by atoms with Gasteiger partial charge in [-0.1, -0.05) is 27.7 Å². The van der Waals surface area contributed by atoms with Crippen LogP contribution in [0.3, 0.4) is 0 Å². The van der Waals surface area contributed by atoms with Gasteiger partial charge in [-0.15, -0.1) is 0 Å². The number of nitrogens with two attached hydrogens (primary N) is 1. The molecule has 10 heteroatoms. The third-order valence-electron chi connectivity index (χ3n) is 1.97. The summed E-state index contributed by atoms with van der Waals surface area (Å²) in [6.07, 6.45) is 1.52. The van der Waals surface area contributed by atoms with Crippen LogP contribution in [0.5, 0.6) is 0 Å². The van der Waals surface area contributed by atoms with E-state index in [1.54, 1.807) is 12.2 Å². The largest absolute Gasteiger partial charge is 0.472 e. The van der Waals surface area contributed by atoms with Crippen molar-refractivity contribution in [2.45, 2.75) is 12.2 Å².